The molecule has 0 bridgehead atoms. The van der Waals surface area contributed by atoms with Gasteiger partial charge in [0.05, 0.1) is 11.0 Å². The van der Waals surface area contributed by atoms with Crippen LogP contribution in [-0.4, -0.2) is 17.0 Å². The third-order valence-electron chi connectivity index (χ3n) is 3.59. The quantitative estimate of drug-likeness (QED) is 0.636. The Kier molecular flexibility index (Phi) is 4.47. The average molecular weight is 269 g/mol. The molecule has 1 aromatic rings. The van der Waals surface area contributed by atoms with Gasteiger partial charge in [-0.25, -0.2) is 4.39 Å². The fraction of sp³-hybridized carbons (Fsp3) is 0.538. The summed E-state index contributed by atoms with van der Waals surface area (Å²) < 4.78 is 13.4. The first-order chi connectivity index (χ1) is 8.71. The van der Waals surface area contributed by atoms with Gasteiger partial charge in [0, 0.05) is 12.1 Å². The number of nitro benzene ring substituents is 1. The van der Waals surface area contributed by atoms with Gasteiger partial charge in [-0.3, -0.25) is 10.1 Å². The fourth-order valence-corrected chi connectivity index (χ4v) is 1.66. The van der Waals surface area contributed by atoms with Crippen molar-refractivity contribution in [2.24, 2.45) is 11.7 Å². The van der Waals surface area contributed by atoms with Crippen LogP contribution in [0.4, 0.5) is 15.8 Å². The molecule has 0 aliphatic carbocycles. The third kappa shape index (κ3) is 3.20. The number of nitro groups is 1. The van der Waals surface area contributed by atoms with Crippen LogP contribution in [0.1, 0.15) is 26.3 Å². The van der Waals surface area contributed by atoms with E-state index in [0.717, 1.165) is 6.07 Å². The van der Waals surface area contributed by atoms with E-state index >= 15 is 0 Å². The van der Waals surface area contributed by atoms with Crippen LogP contribution in [0, 0.1) is 28.8 Å². The molecule has 6 heteroatoms. The number of nitrogens with two attached hydrogens (primary N) is 1. The van der Waals surface area contributed by atoms with Crippen LogP contribution in [-0.2, 0) is 0 Å². The SMILES string of the molecule is Cc1cc(NC(C)(CN)C(C)C)c([N+](=O)[O-])cc1F. The molecule has 0 radical (unpaired) electrons. The number of nitrogens with one attached hydrogen (secondary N) is 1. The average Bonchev–Trinajstić information content (AvgIpc) is 2.32. The number of nitrogens with zero attached hydrogens (tertiary/aromatic N) is 1. The minimum absolute atomic E-state index is 0.169. The van der Waals surface area contributed by atoms with E-state index in [4.69, 9.17) is 5.73 Å². The van der Waals surface area contributed by atoms with Crippen LogP contribution in [0.5, 0.6) is 0 Å². The van der Waals surface area contributed by atoms with Gasteiger partial charge in [0.2, 0.25) is 0 Å². The highest BCUT2D eigenvalue weighted by Gasteiger charge is 2.29. The summed E-state index contributed by atoms with van der Waals surface area (Å²) in [4.78, 5) is 10.4. The molecular weight excluding hydrogens is 249 g/mol. The Balaban J connectivity index is 3.26. The molecule has 1 unspecified atom stereocenters. The molecule has 0 fully saturated rings. The second-order valence-corrected chi connectivity index (χ2v) is 5.28. The van der Waals surface area contributed by atoms with Crippen LogP contribution >= 0.6 is 0 Å². The van der Waals surface area contributed by atoms with Crippen molar-refractivity contribution < 1.29 is 9.31 Å². The van der Waals surface area contributed by atoms with Crippen molar-refractivity contribution in [3.05, 3.63) is 33.6 Å². The minimum atomic E-state index is -0.595. The lowest BCUT2D eigenvalue weighted by Crippen LogP contribution is -2.47. The number of hydrogen-bond donors (Lipinski definition) is 2. The van der Waals surface area contributed by atoms with Gasteiger partial charge in [-0.2, -0.15) is 0 Å². The molecule has 3 N–H and O–H groups in total. The summed E-state index contributed by atoms with van der Waals surface area (Å²) in [5.41, 5.74) is 5.63. The first-order valence-electron chi connectivity index (χ1n) is 6.14. The molecule has 1 rings (SSSR count). The lowest BCUT2D eigenvalue weighted by atomic mass is 9.88. The zero-order valence-electron chi connectivity index (χ0n) is 11.7. The number of anilines is 1. The Morgan fingerprint density at radius 1 is 1.53 bits per heavy atom. The van der Waals surface area contributed by atoms with Crippen LogP contribution in [0.15, 0.2) is 12.1 Å². The fourth-order valence-electron chi connectivity index (χ4n) is 1.66. The molecule has 0 saturated carbocycles. The van der Waals surface area contributed by atoms with Crippen molar-refractivity contribution in [3.8, 4) is 0 Å². The summed E-state index contributed by atoms with van der Waals surface area (Å²) in [6.45, 7) is 7.72. The van der Waals surface area contributed by atoms with Gasteiger partial charge in [0.1, 0.15) is 11.5 Å². The smallest absolute Gasteiger partial charge is 0.295 e. The molecular formula is C13H20FN3O2. The highest BCUT2D eigenvalue weighted by atomic mass is 19.1. The molecule has 0 spiro atoms. The highest BCUT2D eigenvalue weighted by Crippen LogP contribution is 2.31. The second-order valence-electron chi connectivity index (χ2n) is 5.28. The summed E-state index contributed by atoms with van der Waals surface area (Å²) in [6.07, 6.45) is 0. The summed E-state index contributed by atoms with van der Waals surface area (Å²) in [7, 11) is 0. The molecule has 0 heterocycles. The molecule has 5 nitrogen and oxygen atoms in total. The van der Waals surface area contributed by atoms with Crippen molar-refractivity contribution >= 4 is 11.4 Å². The monoisotopic (exact) mass is 269 g/mol. The van der Waals surface area contributed by atoms with E-state index in [1.807, 2.05) is 20.8 Å². The third-order valence-corrected chi connectivity index (χ3v) is 3.59. The van der Waals surface area contributed by atoms with Gasteiger partial charge in [-0.15, -0.1) is 0 Å². The number of benzene rings is 1. The molecule has 106 valence electrons. The van der Waals surface area contributed by atoms with Gasteiger partial charge in [0.25, 0.3) is 5.69 Å². The standard InChI is InChI=1S/C13H20FN3O2/c1-8(2)13(4,7-15)16-11-5-9(3)10(14)6-12(11)17(18)19/h5-6,8,16H,7,15H2,1-4H3. The van der Waals surface area contributed by atoms with E-state index in [-0.39, 0.29) is 11.6 Å². The number of hydrogen-bond acceptors (Lipinski definition) is 4. The summed E-state index contributed by atoms with van der Waals surface area (Å²) in [5, 5.41) is 14.1. The molecule has 0 aliphatic rings. The van der Waals surface area contributed by atoms with Crippen LogP contribution in [0.2, 0.25) is 0 Å². The van der Waals surface area contributed by atoms with Crippen molar-refractivity contribution in [1.82, 2.24) is 0 Å². The minimum Gasteiger partial charge on any atom is -0.373 e. The van der Waals surface area contributed by atoms with E-state index in [0.29, 0.717) is 17.8 Å². The predicted octanol–water partition coefficient (Wildman–Crippen LogP) is 2.83. The van der Waals surface area contributed by atoms with Crippen molar-refractivity contribution in [2.45, 2.75) is 33.2 Å². The maximum absolute atomic E-state index is 13.4. The van der Waals surface area contributed by atoms with Crippen molar-refractivity contribution in [1.29, 1.82) is 0 Å². The first kappa shape index (κ1) is 15.4. The highest BCUT2D eigenvalue weighted by molar-refractivity contribution is 5.64. The molecule has 1 atom stereocenters. The summed E-state index contributed by atoms with van der Waals surface area (Å²) in [6, 6.07) is 2.39. The Hall–Kier alpha value is -1.69. The van der Waals surface area contributed by atoms with Gasteiger partial charge < -0.3 is 11.1 Å². The van der Waals surface area contributed by atoms with Gasteiger partial charge >= 0.3 is 0 Å². The molecule has 19 heavy (non-hydrogen) atoms. The molecule has 0 amide bonds. The van der Waals surface area contributed by atoms with Gasteiger partial charge in [0.15, 0.2) is 0 Å². The topological polar surface area (TPSA) is 81.2 Å². The molecule has 0 aromatic heterocycles. The largest absolute Gasteiger partial charge is 0.373 e. The summed E-state index contributed by atoms with van der Waals surface area (Å²) in [5.74, 6) is -0.418. The van der Waals surface area contributed by atoms with Gasteiger partial charge in [-0.05, 0) is 31.4 Å². The Bertz CT molecular complexity index is 491. The van der Waals surface area contributed by atoms with E-state index < -0.39 is 16.3 Å². The molecule has 0 saturated heterocycles. The van der Waals surface area contributed by atoms with E-state index in [2.05, 4.69) is 5.32 Å². The molecule has 1 aromatic carbocycles. The van der Waals surface area contributed by atoms with Gasteiger partial charge in [-0.1, -0.05) is 13.8 Å². The maximum atomic E-state index is 13.4. The lowest BCUT2D eigenvalue weighted by molar-refractivity contribution is -0.384. The van der Waals surface area contributed by atoms with E-state index in [9.17, 15) is 14.5 Å². The lowest BCUT2D eigenvalue weighted by Gasteiger charge is -2.34. The van der Waals surface area contributed by atoms with Crippen LogP contribution < -0.4 is 11.1 Å². The van der Waals surface area contributed by atoms with Crippen molar-refractivity contribution in [3.63, 3.8) is 0 Å². The van der Waals surface area contributed by atoms with Crippen LogP contribution in [0.25, 0.3) is 0 Å². The van der Waals surface area contributed by atoms with Crippen molar-refractivity contribution in [2.75, 3.05) is 11.9 Å². The maximum Gasteiger partial charge on any atom is 0.295 e. The zero-order chi connectivity index (χ0) is 14.8. The Morgan fingerprint density at radius 2 is 2.11 bits per heavy atom. The number of aryl methyl sites for hydroxylation is 1. The Labute approximate surface area is 112 Å². The summed E-state index contributed by atoms with van der Waals surface area (Å²) >= 11 is 0. The van der Waals surface area contributed by atoms with E-state index in [1.54, 1.807) is 6.92 Å². The number of rotatable bonds is 5. The van der Waals surface area contributed by atoms with E-state index in [1.165, 1.54) is 6.07 Å². The van der Waals surface area contributed by atoms with Crippen LogP contribution in [0.3, 0.4) is 0 Å². The Morgan fingerprint density at radius 3 is 2.53 bits per heavy atom. The molecule has 0 aliphatic heterocycles. The predicted molar refractivity (Wildman–Crippen MR) is 73.7 cm³/mol. The second kappa shape index (κ2) is 5.52. The normalized spacial score (nSPS) is 14.3. The zero-order valence-corrected chi connectivity index (χ0v) is 11.7. The number of halogens is 1. The first-order valence-corrected chi connectivity index (χ1v) is 6.14.